The van der Waals surface area contributed by atoms with E-state index in [9.17, 15) is 8.42 Å². The summed E-state index contributed by atoms with van der Waals surface area (Å²) in [5.74, 6) is 0.753. The van der Waals surface area contributed by atoms with E-state index in [1.807, 2.05) is 0 Å². The van der Waals surface area contributed by atoms with Crippen LogP contribution in [0, 0.1) is 0 Å². The van der Waals surface area contributed by atoms with Crippen LogP contribution in [0.4, 0.5) is 0 Å². The first kappa shape index (κ1) is 13.6. The molecule has 2 rings (SSSR count). The molecule has 1 aromatic heterocycles. The van der Waals surface area contributed by atoms with E-state index in [2.05, 4.69) is 4.72 Å². The van der Waals surface area contributed by atoms with Gasteiger partial charge in [-0.2, -0.15) is 0 Å². The molecule has 0 aliphatic heterocycles. The van der Waals surface area contributed by atoms with Gasteiger partial charge in [0, 0.05) is 12.5 Å². The first-order valence-electron chi connectivity index (χ1n) is 5.81. The van der Waals surface area contributed by atoms with Crippen molar-refractivity contribution < 1.29 is 17.9 Å². The molecule has 1 unspecified atom stereocenters. The van der Waals surface area contributed by atoms with Crippen molar-refractivity contribution in [3.05, 3.63) is 48.4 Å². The van der Waals surface area contributed by atoms with Crippen molar-refractivity contribution in [3.8, 4) is 5.75 Å². The van der Waals surface area contributed by atoms with Gasteiger partial charge in [-0.1, -0.05) is 0 Å². The highest BCUT2D eigenvalue weighted by Gasteiger charge is 2.18. The van der Waals surface area contributed by atoms with Gasteiger partial charge in [-0.15, -0.1) is 0 Å². The summed E-state index contributed by atoms with van der Waals surface area (Å²) in [6, 6.07) is 8.67. The lowest BCUT2D eigenvalue weighted by molar-refractivity contribution is 0.474. The molecule has 1 heterocycles. The third kappa shape index (κ3) is 3.59. The molecule has 1 aromatic carbocycles. The zero-order valence-corrected chi connectivity index (χ0v) is 11.2. The summed E-state index contributed by atoms with van der Waals surface area (Å²) in [5, 5.41) is 9.15. The Labute approximate surface area is 111 Å². The van der Waals surface area contributed by atoms with Gasteiger partial charge in [0.15, 0.2) is 0 Å². The summed E-state index contributed by atoms with van der Waals surface area (Å²) >= 11 is 0. The molecule has 0 aliphatic rings. The number of benzene rings is 1. The lowest BCUT2D eigenvalue weighted by Gasteiger charge is -2.13. The van der Waals surface area contributed by atoms with Gasteiger partial charge in [-0.05, 0) is 43.3 Å². The zero-order valence-electron chi connectivity index (χ0n) is 10.4. The highest BCUT2D eigenvalue weighted by molar-refractivity contribution is 7.89. The summed E-state index contributed by atoms with van der Waals surface area (Å²) in [7, 11) is -3.58. The van der Waals surface area contributed by atoms with Gasteiger partial charge >= 0.3 is 0 Å². The van der Waals surface area contributed by atoms with Crippen molar-refractivity contribution in [2.24, 2.45) is 0 Å². The summed E-state index contributed by atoms with van der Waals surface area (Å²) in [4.78, 5) is 0.122. The second-order valence-corrected chi connectivity index (χ2v) is 6.01. The Morgan fingerprint density at radius 3 is 2.53 bits per heavy atom. The van der Waals surface area contributed by atoms with Crippen molar-refractivity contribution in [3.63, 3.8) is 0 Å². The van der Waals surface area contributed by atoms with Gasteiger partial charge in [0.25, 0.3) is 0 Å². The van der Waals surface area contributed by atoms with Crippen molar-refractivity contribution in [1.29, 1.82) is 0 Å². The van der Waals surface area contributed by atoms with Crippen LogP contribution < -0.4 is 4.72 Å². The van der Waals surface area contributed by atoms with Crippen molar-refractivity contribution in [2.45, 2.75) is 24.3 Å². The van der Waals surface area contributed by atoms with Gasteiger partial charge in [0.1, 0.15) is 11.5 Å². The predicted molar refractivity (Wildman–Crippen MR) is 70.3 cm³/mol. The Morgan fingerprint density at radius 1 is 1.26 bits per heavy atom. The number of rotatable bonds is 5. The summed E-state index contributed by atoms with van der Waals surface area (Å²) < 4.78 is 31.9. The van der Waals surface area contributed by atoms with Gasteiger partial charge in [-0.3, -0.25) is 0 Å². The average Bonchev–Trinajstić information content (AvgIpc) is 2.81. The van der Waals surface area contributed by atoms with E-state index in [4.69, 9.17) is 9.52 Å². The Kier molecular flexibility index (Phi) is 3.92. The van der Waals surface area contributed by atoms with E-state index in [0.717, 1.165) is 5.76 Å². The quantitative estimate of drug-likeness (QED) is 0.877. The van der Waals surface area contributed by atoms with Crippen LogP contribution in [0.1, 0.15) is 12.7 Å². The largest absolute Gasteiger partial charge is 0.508 e. The van der Waals surface area contributed by atoms with Crippen LogP contribution in [0.3, 0.4) is 0 Å². The Hall–Kier alpha value is -1.79. The Bertz CT molecular complexity index is 617. The molecular weight excluding hydrogens is 266 g/mol. The second-order valence-electron chi connectivity index (χ2n) is 4.30. The van der Waals surface area contributed by atoms with Crippen LogP contribution in [0.15, 0.2) is 52.0 Å². The molecule has 0 amide bonds. The molecular formula is C13H15NO4S. The number of hydrogen-bond acceptors (Lipinski definition) is 4. The summed E-state index contributed by atoms with van der Waals surface area (Å²) in [6.07, 6.45) is 2.03. The minimum atomic E-state index is -3.58. The molecule has 6 heteroatoms. The topological polar surface area (TPSA) is 79.5 Å². The normalized spacial score (nSPS) is 13.3. The van der Waals surface area contributed by atoms with Crippen molar-refractivity contribution >= 4 is 10.0 Å². The zero-order chi connectivity index (χ0) is 13.9. The first-order chi connectivity index (χ1) is 8.97. The number of aromatic hydroxyl groups is 1. The van der Waals surface area contributed by atoms with Crippen LogP contribution in [-0.4, -0.2) is 19.6 Å². The molecule has 1 atom stereocenters. The summed E-state index contributed by atoms with van der Waals surface area (Å²) in [6.45, 7) is 1.76. The van der Waals surface area contributed by atoms with Gasteiger partial charge in [0.2, 0.25) is 10.0 Å². The molecule has 102 valence electrons. The van der Waals surface area contributed by atoms with Gasteiger partial charge in [0.05, 0.1) is 11.2 Å². The maximum atomic E-state index is 12.1. The number of phenols is 1. The molecule has 2 aromatic rings. The number of furan rings is 1. The molecule has 0 spiro atoms. The summed E-state index contributed by atoms with van der Waals surface area (Å²) in [5.41, 5.74) is 0. The Morgan fingerprint density at radius 2 is 1.95 bits per heavy atom. The smallest absolute Gasteiger partial charge is 0.240 e. The minimum Gasteiger partial charge on any atom is -0.508 e. The van der Waals surface area contributed by atoms with E-state index in [0.29, 0.717) is 6.42 Å². The number of phenolic OH excluding ortho intramolecular Hbond substituents is 1. The fraction of sp³-hybridized carbons (Fsp3) is 0.231. The third-order valence-corrected chi connectivity index (χ3v) is 4.20. The second kappa shape index (κ2) is 5.46. The molecule has 5 nitrogen and oxygen atoms in total. The third-order valence-electron chi connectivity index (χ3n) is 2.59. The predicted octanol–water partition coefficient (Wildman–Crippen LogP) is 1.89. The van der Waals surface area contributed by atoms with E-state index < -0.39 is 10.0 Å². The monoisotopic (exact) mass is 281 g/mol. The number of hydrogen-bond donors (Lipinski definition) is 2. The van der Waals surface area contributed by atoms with Crippen LogP contribution in [0.25, 0.3) is 0 Å². The van der Waals surface area contributed by atoms with E-state index in [-0.39, 0.29) is 16.7 Å². The first-order valence-corrected chi connectivity index (χ1v) is 7.29. The van der Waals surface area contributed by atoms with Gasteiger partial charge in [-0.25, -0.2) is 13.1 Å². The van der Waals surface area contributed by atoms with E-state index in [1.165, 1.54) is 24.3 Å². The molecule has 0 radical (unpaired) electrons. The maximum absolute atomic E-state index is 12.1. The molecule has 0 saturated carbocycles. The fourth-order valence-electron chi connectivity index (χ4n) is 1.73. The van der Waals surface area contributed by atoms with E-state index >= 15 is 0 Å². The van der Waals surface area contributed by atoms with Gasteiger partial charge < -0.3 is 9.52 Å². The lowest BCUT2D eigenvalue weighted by Crippen LogP contribution is -2.33. The van der Waals surface area contributed by atoms with Crippen LogP contribution in [0.5, 0.6) is 5.75 Å². The fourth-order valence-corrected chi connectivity index (χ4v) is 2.97. The molecule has 19 heavy (non-hydrogen) atoms. The molecule has 2 N–H and O–H groups in total. The van der Waals surface area contributed by atoms with Crippen LogP contribution in [-0.2, 0) is 16.4 Å². The molecule has 0 bridgehead atoms. The highest BCUT2D eigenvalue weighted by atomic mass is 32.2. The number of sulfonamides is 1. The SMILES string of the molecule is CC(Cc1ccco1)NS(=O)(=O)c1ccc(O)cc1. The average molecular weight is 281 g/mol. The van der Waals surface area contributed by atoms with Crippen molar-refractivity contribution in [2.75, 3.05) is 0 Å². The standard InChI is InChI=1S/C13H15NO4S/c1-10(9-12-3-2-8-18-12)14-19(16,17)13-6-4-11(15)5-7-13/h2-8,10,14-15H,9H2,1H3. The van der Waals surface area contributed by atoms with Crippen LogP contribution in [0.2, 0.25) is 0 Å². The Balaban J connectivity index is 2.06. The molecule has 0 saturated heterocycles. The highest BCUT2D eigenvalue weighted by Crippen LogP contribution is 2.15. The van der Waals surface area contributed by atoms with Crippen LogP contribution >= 0.6 is 0 Å². The van der Waals surface area contributed by atoms with Crippen molar-refractivity contribution in [1.82, 2.24) is 4.72 Å². The number of nitrogens with one attached hydrogen (secondary N) is 1. The molecule has 0 aliphatic carbocycles. The minimum absolute atomic E-state index is 0.0302. The molecule has 0 fully saturated rings. The van der Waals surface area contributed by atoms with E-state index in [1.54, 1.807) is 25.3 Å². The lowest BCUT2D eigenvalue weighted by atomic mass is 10.2. The maximum Gasteiger partial charge on any atom is 0.240 e.